The molecule has 0 aliphatic heterocycles. The molecule has 28 heavy (non-hydrogen) atoms. The normalized spacial score (nSPS) is 27.5. The second kappa shape index (κ2) is 6.74. The third kappa shape index (κ3) is 3.44. The zero-order valence-electron chi connectivity index (χ0n) is 15.9. The minimum atomic E-state index is -4.41. The molecule has 2 aromatic rings. The number of nitrogens with zero attached hydrogens (tertiary/aromatic N) is 4. The molecule has 3 fully saturated rings. The molecule has 10 heteroatoms. The number of halogens is 4. The monoisotopic (exact) mass is 460 g/mol. The number of imidazole rings is 1. The molecule has 0 aromatic carbocycles. The van der Waals surface area contributed by atoms with Crippen molar-refractivity contribution in [2.45, 2.75) is 70.0 Å². The third-order valence-electron chi connectivity index (χ3n) is 6.53. The molecule has 0 spiro atoms. The zero-order valence-corrected chi connectivity index (χ0v) is 17.5. The number of aromatic amines is 1. The van der Waals surface area contributed by atoms with Crippen molar-refractivity contribution in [3.8, 4) is 0 Å². The summed E-state index contributed by atoms with van der Waals surface area (Å²) in [7, 11) is 0. The maximum Gasteiger partial charge on any atom is 0.434 e. The highest BCUT2D eigenvalue weighted by Gasteiger charge is 2.52. The van der Waals surface area contributed by atoms with Gasteiger partial charge in [0.15, 0.2) is 10.4 Å². The number of anilines is 1. The molecule has 2 aromatic heterocycles. The Labute approximate surface area is 169 Å². The van der Waals surface area contributed by atoms with Crippen LogP contribution in [0.15, 0.2) is 10.9 Å². The Morgan fingerprint density at radius 2 is 1.82 bits per heavy atom. The highest BCUT2D eigenvalue weighted by molar-refractivity contribution is 9.10. The van der Waals surface area contributed by atoms with Gasteiger partial charge < -0.3 is 9.88 Å². The summed E-state index contributed by atoms with van der Waals surface area (Å²) < 4.78 is 42.1. The van der Waals surface area contributed by atoms with Gasteiger partial charge in [-0.2, -0.15) is 18.2 Å². The van der Waals surface area contributed by atoms with Crippen molar-refractivity contribution < 1.29 is 13.2 Å². The van der Waals surface area contributed by atoms with Crippen molar-refractivity contribution in [3.63, 3.8) is 0 Å². The first-order chi connectivity index (χ1) is 13.1. The second-order valence-electron chi connectivity index (χ2n) is 8.53. The molecule has 0 atom stereocenters. The van der Waals surface area contributed by atoms with Crippen LogP contribution in [0.25, 0.3) is 0 Å². The topological polar surface area (TPSA) is 71.4 Å². The summed E-state index contributed by atoms with van der Waals surface area (Å²) in [5, 5.41) is 10.1. The predicted molar refractivity (Wildman–Crippen MR) is 102 cm³/mol. The molecule has 154 valence electrons. The maximum atomic E-state index is 13.3. The number of H-pyrrole nitrogens is 1. The molecule has 6 nitrogen and oxygen atoms in total. The van der Waals surface area contributed by atoms with E-state index in [1.165, 1.54) is 6.20 Å². The predicted octanol–water partition coefficient (Wildman–Crippen LogP) is 5.07. The smallest absolute Gasteiger partial charge is 0.352 e. The van der Waals surface area contributed by atoms with Gasteiger partial charge in [-0.15, -0.1) is 5.10 Å². The quantitative estimate of drug-likeness (QED) is 0.653. The van der Waals surface area contributed by atoms with Gasteiger partial charge in [-0.3, -0.25) is 5.10 Å². The van der Waals surface area contributed by atoms with Gasteiger partial charge in [0.25, 0.3) is 0 Å². The summed E-state index contributed by atoms with van der Waals surface area (Å²) in [6, 6.07) is -0.0487. The van der Waals surface area contributed by atoms with Crippen molar-refractivity contribution in [2.75, 3.05) is 11.9 Å². The molecule has 5 rings (SSSR count). The van der Waals surface area contributed by atoms with Crippen LogP contribution in [0.5, 0.6) is 0 Å². The number of alkyl halides is 3. The Morgan fingerprint density at radius 1 is 1.18 bits per heavy atom. The Bertz CT molecular complexity index is 831. The molecule has 3 saturated carbocycles. The first-order valence-electron chi connectivity index (χ1n) is 9.61. The van der Waals surface area contributed by atoms with E-state index < -0.39 is 11.9 Å². The summed E-state index contributed by atoms with van der Waals surface area (Å²) in [5.41, 5.74) is -0.870. The van der Waals surface area contributed by atoms with Crippen molar-refractivity contribution in [1.82, 2.24) is 24.7 Å². The van der Waals surface area contributed by atoms with E-state index in [0.29, 0.717) is 16.5 Å². The van der Waals surface area contributed by atoms with Crippen molar-refractivity contribution in [3.05, 3.63) is 22.4 Å². The highest BCUT2D eigenvalue weighted by atomic mass is 79.9. The van der Waals surface area contributed by atoms with Gasteiger partial charge in [0.2, 0.25) is 5.95 Å². The largest absolute Gasteiger partial charge is 0.434 e. The molecule has 2 bridgehead atoms. The molecule has 2 N–H and O–H groups in total. The Hall–Kier alpha value is -1.58. The van der Waals surface area contributed by atoms with Crippen molar-refractivity contribution >= 4 is 21.9 Å². The number of rotatable bonds is 5. The lowest BCUT2D eigenvalue weighted by atomic mass is 9.53. The average Bonchev–Trinajstić information content (AvgIpc) is 3.28. The van der Waals surface area contributed by atoms with E-state index in [0.717, 1.165) is 45.1 Å². The summed E-state index contributed by atoms with van der Waals surface area (Å²) in [4.78, 5) is 8.32. The Kier molecular flexibility index (Phi) is 4.75. The van der Waals surface area contributed by atoms with Crippen LogP contribution in [0.2, 0.25) is 0 Å². The molecule has 2 heterocycles. The summed E-state index contributed by atoms with van der Waals surface area (Å²) in [6.45, 7) is 4.60. The Balaban J connectivity index is 1.53. The van der Waals surface area contributed by atoms with E-state index in [1.54, 1.807) is 4.57 Å². The summed E-state index contributed by atoms with van der Waals surface area (Å²) in [6.07, 6.45) is 2.29. The maximum absolute atomic E-state index is 13.3. The minimum Gasteiger partial charge on any atom is -0.352 e. The minimum absolute atomic E-state index is 0.0487. The van der Waals surface area contributed by atoms with E-state index in [9.17, 15) is 13.2 Å². The lowest BCUT2D eigenvalue weighted by molar-refractivity contribution is -0.141. The average molecular weight is 461 g/mol. The third-order valence-corrected chi connectivity index (χ3v) is 6.89. The molecule has 0 saturated heterocycles. The fourth-order valence-corrected chi connectivity index (χ4v) is 5.02. The molecule has 0 unspecified atom stereocenters. The molecular weight excluding hydrogens is 437 g/mol. The van der Waals surface area contributed by atoms with Crippen LogP contribution in [0.3, 0.4) is 0 Å². The van der Waals surface area contributed by atoms with Gasteiger partial charge in [0, 0.05) is 24.2 Å². The van der Waals surface area contributed by atoms with Gasteiger partial charge in [-0.05, 0) is 73.7 Å². The second-order valence-corrected chi connectivity index (χ2v) is 9.28. The lowest BCUT2D eigenvalue weighted by Crippen LogP contribution is -2.48. The number of aromatic nitrogens is 5. The van der Waals surface area contributed by atoms with Crippen molar-refractivity contribution in [1.29, 1.82) is 0 Å². The highest BCUT2D eigenvalue weighted by Crippen LogP contribution is 2.57. The van der Waals surface area contributed by atoms with Gasteiger partial charge in [0.1, 0.15) is 5.82 Å². The fraction of sp³-hybridized carbons (Fsp3) is 0.722. The van der Waals surface area contributed by atoms with E-state index >= 15 is 0 Å². The van der Waals surface area contributed by atoms with Crippen LogP contribution in [0.1, 0.15) is 69.9 Å². The van der Waals surface area contributed by atoms with Crippen LogP contribution in [0.4, 0.5) is 19.1 Å². The fourth-order valence-electron chi connectivity index (χ4n) is 4.77. The SMILES string of the molecule is CC(C)n1cc(C(F)(F)F)nc1C12CCC(CNc3n[nH]c(Br)n3)(CC1)CC2. The standard InChI is InChI=1S/C18H24BrF3N6/c1-11(2)28-9-12(18(20,21)22)24-13(28)17-6-3-16(4-7-17,5-8-17)10-23-15-25-14(19)26-27-15/h9,11H,3-8,10H2,1-2H3,(H2,23,25,26,27). The summed E-state index contributed by atoms with van der Waals surface area (Å²) in [5.74, 6) is 1.18. The van der Waals surface area contributed by atoms with Gasteiger partial charge in [-0.25, -0.2) is 4.98 Å². The molecule has 3 aliphatic rings. The number of fused-ring (bicyclic) bond motifs is 3. The molecule has 3 aliphatic carbocycles. The number of hydrogen-bond donors (Lipinski definition) is 2. The van der Waals surface area contributed by atoms with Crippen LogP contribution in [-0.4, -0.2) is 31.3 Å². The molecule has 0 radical (unpaired) electrons. The van der Waals surface area contributed by atoms with E-state index in [4.69, 9.17) is 0 Å². The Morgan fingerprint density at radius 3 is 2.32 bits per heavy atom. The van der Waals surface area contributed by atoms with Crippen LogP contribution in [0, 0.1) is 5.41 Å². The first kappa shape index (κ1) is 19.7. The lowest BCUT2D eigenvalue weighted by Gasteiger charge is -2.53. The first-order valence-corrected chi connectivity index (χ1v) is 10.4. The van der Waals surface area contributed by atoms with Gasteiger partial charge >= 0.3 is 6.18 Å². The zero-order chi connectivity index (χ0) is 20.2. The van der Waals surface area contributed by atoms with Gasteiger partial charge in [-0.1, -0.05) is 0 Å². The number of hydrogen-bond acceptors (Lipinski definition) is 4. The van der Waals surface area contributed by atoms with E-state index in [2.05, 4.69) is 41.4 Å². The number of nitrogens with one attached hydrogen (secondary N) is 2. The molecule has 0 amide bonds. The van der Waals surface area contributed by atoms with Crippen LogP contribution < -0.4 is 5.32 Å². The summed E-state index contributed by atoms with van der Waals surface area (Å²) >= 11 is 3.25. The van der Waals surface area contributed by atoms with Gasteiger partial charge in [0.05, 0.1) is 0 Å². The van der Waals surface area contributed by atoms with E-state index in [1.807, 2.05) is 13.8 Å². The van der Waals surface area contributed by atoms with Crippen LogP contribution >= 0.6 is 15.9 Å². The molecular formula is C18H24BrF3N6. The van der Waals surface area contributed by atoms with Crippen molar-refractivity contribution in [2.24, 2.45) is 5.41 Å². The van der Waals surface area contributed by atoms with E-state index in [-0.39, 0.29) is 16.9 Å². The van der Waals surface area contributed by atoms with Crippen LogP contribution in [-0.2, 0) is 11.6 Å².